The van der Waals surface area contributed by atoms with E-state index in [-0.39, 0.29) is 24.9 Å². The van der Waals surface area contributed by atoms with E-state index in [1.165, 1.54) is 0 Å². The molecule has 1 aromatic rings. The highest BCUT2D eigenvalue weighted by Crippen LogP contribution is 2.27. The second-order valence-electron chi connectivity index (χ2n) is 5.87. The first-order chi connectivity index (χ1) is 11.5. The molecule has 1 fully saturated rings. The third kappa shape index (κ3) is 5.17. The van der Waals surface area contributed by atoms with E-state index >= 15 is 0 Å². The highest BCUT2D eigenvalue weighted by atomic mass is 32.2. The second-order valence-corrected chi connectivity index (χ2v) is 6.97. The minimum absolute atomic E-state index is 0.166. The molecule has 1 atom stereocenters. The Balaban J connectivity index is 1.70. The number of hydrogen-bond donors (Lipinski definition) is 2. The average molecular weight is 346 g/mol. The van der Waals surface area contributed by atoms with Gasteiger partial charge in [0, 0.05) is 32.3 Å². The van der Waals surface area contributed by atoms with Crippen LogP contribution in [0.5, 0.6) is 0 Å². The summed E-state index contributed by atoms with van der Waals surface area (Å²) in [5.41, 5.74) is 0.304. The van der Waals surface area contributed by atoms with Crippen LogP contribution in [-0.2, 0) is 11.3 Å². The first-order valence-corrected chi connectivity index (χ1v) is 9.03. The summed E-state index contributed by atoms with van der Waals surface area (Å²) in [5.74, 6) is 1.31. The SMILES string of the molecule is CN(Cc1ccccc1)C(=O)NCCC(=O)NC1(C#N)CCSC1. The highest BCUT2D eigenvalue weighted by molar-refractivity contribution is 7.99. The third-order valence-corrected chi connectivity index (χ3v) is 5.04. The number of amides is 3. The molecule has 1 aliphatic heterocycles. The smallest absolute Gasteiger partial charge is 0.317 e. The first-order valence-electron chi connectivity index (χ1n) is 7.87. The number of carbonyl (C=O) groups excluding carboxylic acids is 2. The van der Waals surface area contributed by atoms with Crippen molar-refractivity contribution in [2.75, 3.05) is 25.1 Å². The van der Waals surface area contributed by atoms with Gasteiger partial charge in [-0.25, -0.2) is 4.79 Å². The van der Waals surface area contributed by atoms with Gasteiger partial charge < -0.3 is 15.5 Å². The fourth-order valence-electron chi connectivity index (χ4n) is 2.46. The lowest BCUT2D eigenvalue weighted by molar-refractivity contribution is -0.122. The molecule has 1 aromatic carbocycles. The molecule has 0 saturated carbocycles. The van der Waals surface area contributed by atoms with E-state index in [1.54, 1.807) is 23.7 Å². The molecule has 1 saturated heterocycles. The maximum absolute atomic E-state index is 12.0. The van der Waals surface area contributed by atoms with Crippen molar-refractivity contribution in [3.05, 3.63) is 35.9 Å². The normalized spacial score (nSPS) is 19.3. The molecule has 6 nitrogen and oxygen atoms in total. The summed E-state index contributed by atoms with van der Waals surface area (Å²) in [4.78, 5) is 25.6. The Morgan fingerprint density at radius 3 is 2.75 bits per heavy atom. The molecule has 2 rings (SSSR count). The Morgan fingerprint density at radius 2 is 2.12 bits per heavy atom. The molecule has 0 aromatic heterocycles. The molecule has 2 N–H and O–H groups in total. The topological polar surface area (TPSA) is 85.2 Å². The third-order valence-electron chi connectivity index (χ3n) is 3.85. The number of thioether (sulfide) groups is 1. The van der Waals surface area contributed by atoms with Gasteiger partial charge in [-0.2, -0.15) is 17.0 Å². The largest absolute Gasteiger partial charge is 0.337 e. The van der Waals surface area contributed by atoms with Crippen molar-refractivity contribution < 1.29 is 9.59 Å². The standard InChI is InChI=1S/C17H22N4O2S/c1-21(11-14-5-3-2-4-6-14)16(23)19-9-7-15(22)20-17(12-18)8-10-24-13-17/h2-6H,7-11,13H2,1H3,(H,19,23)(H,20,22). The van der Waals surface area contributed by atoms with E-state index < -0.39 is 5.54 Å². The van der Waals surface area contributed by atoms with Crippen LogP contribution >= 0.6 is 11.8 Å². The minimum atomic E-state index is -0.740. The highest BCUT2D eigenvalue weighted by Gasteiger charge is 2.35. The van der Waals surface area contributed by atoms with Crippen molar-refractivity contribution in [2.45, 2.75) is 24.9 Å². The number of hydrogen-bond acceptors (Lipinski definition) is 4. The van der Waals surface area contributed by atoms with Gasteiger partial charge in [0.05, 0.1) is 6.07 Å². The quantitative estimate of drug-likeness (QED) is 0.821. The van der Waals surface area contributed by atoms with E-state index in [0.717, 1.165) is 11.3 Å². The molecule has 0 radical (unpaired) electrons. The predicted molar refractivity (Wildman–Crippen MR) is 94.4 cm³/mol. The lowest BCUT2D eigenvalue weighted by Gasteiger charge is -2.21. The summed E-state index contributed by atoms with van der Waals surface area (Å²) in [6, 6.07) is 11.7. The van der Waals surface area contributed by atoms with Crippen LogP contribution in [0.4, 0.5) is 4.79 Å². The van der Waals surface area contributed by atoms with Crippen molar-refractivity contribution in [3.63, 3.8) is 0 Å². The lowest BCUT2D eigenvalue weighted by atomic mass is 10.0. The maximum Gasteiger partial charge on any atom is 0.317 e. The van der Waals surface area contributed by atoms with Crippen LogP contribution in [-0.4, -0.2) is 47.5 Å². The van der Waals surface area contributed by atoms with Crippen LogP contribution in [0.1, 0.15) is 18.4 Å². The molecule has 24 heavy (non-hydrogen) atoms. The van der Waals surface area contributed by atoms with Gasteiger partial charge in [-0.3, -0.25) is 4.79 Å². The lowest BCUT2D eigenvalue weighted by Crippen LogP contribution is -2.48. The number of nitriles is 1. The van der Waals surface area contributed by atoms with E-state index in [2.05, 4.69) is 16.7 Å². The van der Waals surface area contributed by atoms with E-state index in [4.69, 9.17) is 0 Å². The van der Waals surface area contributed by atoms with Crippen LogP contribution in [0, 0.1) is 11.3 Å². The number of carbonyl (C=O) groups is 2. The van der Waals surface area contributed by atoms with Crippen molar-refractivity contribution in [2.24, 2.45) is 0 Å². The summed E-state index contributed by atoms with van der Waals surface area (Å²) in [5, 5.41) is 14.8. The fourth-order valence-corrected chi connectivity index (χ4v) is 3.72. The van der Waals surface area contributed by atoms with E-state index in [1.807, 2.05) is 30.3 Å². The number of nitrogens with one attached hydrogen (secondary N) is 2. The summed E-state index contributed by atoms with van der Waals surface area (Å²) in [6.45, 7) is 0.756. The summed E-state index contributed by atoms with van der Waals surface area (Å²) in [7, 11) is 1.71. The molecule has 128 valence electrons. The zero-order valence-electron chi connectivity index (χ0n) is 13.7. The second kappa shape index (κ2) is 8.60. The van der Waals surface area contributed by atoms with Crippen LogP contribution in [0.25, 0.3) is 0 Å². The molecule has 3 amide bonds. The minimum Gasteiger partial charge on any atom is -0.337 e. The Bertz CT molecular complexity index is 609. The maximum atomic E-state index is 12.0. The fraction of sp³-hybridized carbons (Fsp3) is 0.471. The Hall–Kier alpha value is -2.20. The predicted octanol–water partition coefficient (Wildman–Crippen LogP) is 1.73. The van der Waals surface area contributed by atoms with Gasteiger partial charge in [0.2, 0.25) is 5.91 Å². The van der Waals surface area contributed by atoms with Gasteiger partial charge in [0.25, 0.3) is 0 Å². The van der Waals surface area contributed by atoms with Gasteiger partial charge >= 0.3 is 6.03 Å². The van der Waals surface area contributed by atoms with Crippen molar-refractivity contribution in [1.29, 1.82) is 5.26 Å². The van der Waals surface area contributed by atoms with E-state index in [0.29, 0.717) is 18.7 Å². The number of benzene rings is 1. The molecule has 7 heteroatoms. The van der Waals surface area contributed by atoms with Crippen LogP contribution < -0.4 is 10.6 Å². The average Bonchev–Trinajstić information content (AvgIpc) is 3.04. The van der Waals surface area contributed by atoms with Crippen LogP contribution in [0.2, 0.25) is 0 Å². The molecule has 0 spiro atoms. The first kappa shape index (κ1) is 18.1. The number of urea groups is 1. The van der Waals surface area contributed by atoms with Crippen molar-refractivity contribution >= 4 is 23.7 Å². The molecule has 0 bridgehead atoms. The Morgan fingerprint density at radius 1 is 1.38 bits per heavy atom. The van der Waals surface area contributed by atoms with Gasteiger partial charge in [-0.1, -0.05) is 30.3 Å². The van der Waals surface area contributed by atoms with Crippen LogP contribution in [0.15, 0.2) is 30.3 Å². The molecule has 0 aliphatic carbocycles. The molecule has 1 aliphatic rings. The summed E-state index contributed by atoms with van der Waals surface area (Å²) < 4.78 is 0. The summed E-state index contributed by atoms with van der Waals surface area (Å²) in [6.07, 6.45) is 0.838. The van der Waals surface area contributed by atoms with Crippen LogP contribution in [0.3, 0.4) is 0 Å². The van der Waals surface area contributed by atoms with Gasteiger partial charge in [0.1, 0.15) is 5.54 Å². The van der Waals surface area contributed by atoms with Gasteiger partial charge in [-0.05, 0) is 17.7 Å². The van der Waals surface area contributed by atoms with Crippen molar-refractivity contribution in [3.8, 4) is 6.07 Å². The van der Waals surface area contributed by atoms with Gasteiger partial charge in [-0.15, -0.1) is 0 Å². The van der Waals surface area contributed by atoms with Gasteiger partial charge in [0.15, 0.2) is 0 Å². The zero-order chi connectivity index (χ0) is 17.4. The monoisotopic (exact) mass is 346 g/mol. The number of nitrogens with zero attached hydrogens (tertiary/aromatic N) is 2. The molecule has 1 unspecified atom stereocenters. The Labute approximate surface area is 146 Å². The summed E-state index contributed by atoms with van der Waals surface area (Å²) >= 11 is 1.67. The molecular weight excluding hydrogens is 324 g/mol. The molecular formula is C17H22N4O2S. The number of rotatable bonds is 6. The van der Waals surface area contributed by atoms with E-state index in [9.17, 15) is 14.9 Å². The zero-order valence-corrected chi connectivity index (χ0v) is 14.6. The van der Waals surface area contributed by atoms with Crippen molar-refractivity contribution in [1.82, 2.24) is 15.5 Å². The Kier molecular flexibility index (Phi) is 6.50. The molecule has 1 heterocycles.